The molecule has 0 N–H and O–H groups in total. The number of hydrogen-bond acceptors (Lipinski definition) is 2. The molecule has 2 nitrogen and oxygen atoms in total. The Bertz CT molecular complexity index is 3180. The SMILES string of the molecule is [2H]c1c([2H])c([2H])c2c(-c3ccc(-c4cc5c6ccccc6oc5c5cc(-c6ccccc6)oc45)cc3)c3c([2H])c([2H])c([2H])c([2H])c3c(-c3ccccc3)c2c1[2H]. The number of para-hydroxylation sites is 1. The standard InChI is InChI=1S/C46H28O2/c1-3-13-30(14-4-1)42-28-40-45(48-42)38(27-39-33-17-11-12-22-41(33)47-46(39)40)29-23-25-32(26-24-29)44-36-20-9-7-18-34(36)43(31-15-5-2-6-16-31)35-19-8-10-21-37(35)44/h1-28H/i7D,8D,9D,10D,18D,19D,20D,21D. The van der Waals surface area contributed by atoms with Crippen LogP contribution < -0.4 is 0 Å². The van der Waals surface area contributed by atoms with Gasteiger partial charge in [0.2, 0.25) is 0 Å². The zero-order valence-corrected chi connectivity index (χ0v) is 25.4. The lowest BCUT2D eigenvalue weighted by atomic mass is 9.85. The van der Waals surface area contributed by atoms with Crippen molar-refractivity contribution in [2.45, 2.75) is 0 Å². The molecule has 0 fully saturated rings. The lowest BCUT2D eigenvalue weighted by Gasteiger charge is -2.18. The van der Waals surface area contributed by atoms with Crippen molar-refractivity contribution in [2.75, 3.05) is 0 Å². The highest BCUT2D eigenvalue weighted by Crippen LogP contribution is 2.46. The predicted molar refractivity (Wildman–Crippen MR) is 200 cm³/mol. The van der Waals surface area contributed by atoms with Crippen LogP contribution in [0.25, 0.3) is 99.2 Å². The van der Waals surface area contributed by atoms with Crippen LogP contribution in [0.2, 0.25) is 0 Å². The van der Waals surface area contributed by atoms with Gasteiger partial charge in [-0.2, -0.15) is 0 Å². The summed E-state index contributed by atoms with van der Waals surface area (Å²) in [5.41, 5.74) is 6.35. The first kappa shape index (κ1) is 20.0. The molecule has 10 aromatic rings. The molecule has 0 aliphatic heterocycles. The van der Waals surface area contributed by atoms with Crippen LogP contribution in [0.4, 0.5) is 0 Å². The minimum absolute atomic E-state index is 0.173. The highest BCUT2D eigenvalue weighted by molar-refractivity contribution is 6.22. The summed E-state index contributed by atoms with van der Waals surface area (Å²) in [5, 5.41) is 3.41. The van der Waals surface area contributed by atoms with Gasteiger partial charge >= 0.3 is 0 Å². The zero-order chi connectivity index (χ0) is 38.6. The van der Waals surface area contributed by atoms with Crippen molar-refractivity contribution in [3.05, 3.63) is 170 Å². The predicted octanol–water partition coefficient (Wildman–Crippen LogP) is 13.3. The Morgan fingerprint density at radius 1 is 0.375 bits per heavy atom. The summed E-state index contributed by atoms with van der Waals surface area (Å²) in [5.74, 6) is 0.686. The summed E-state index contributed by atoms with van der Waals surface area (Å²) in [4.78, 5) is 0. The maximum absolute atomic E-state index is 9.23. The normalized spacial score (nSPS) is 14.1. The van der Waals surface area contributed by atoms with Crippen molar-refractivity contribution in [3.8, 4) is 44.7 Å². The Morgan fingerprint density at radius 3 is 1.52 bits per heavy atom. The molecule has 2 heteroatoms. The molecule has 0 unspecified atom stereocenters. The Hall–Kier alpha value is -6.38. The molecule has 224 valence electrons. The second-order valence-electron chi connectivity index (χ2n) is 11.8. The summed E-state index contributed by atoms with van der Waals surface area (Å²) in [6.07, 6.45) is 0. The number of furan rings is 2. The number of fused-ring (bicyclic) bond motifs is 7. The van der Waals surface area contributed by atoms with E-state index in [4.69, 9.17) is 17.1 Å². The van der Waals surface area contributed by atoms with Gasteiger partial charge in [0.1, 0.15) is 22.5 Å². The van der Waals surface area contributed by atoms with Crippen LogP contribution in [0.5, 0.6) is 0 Å². The van der Waals surface area contributed by atoms with Crippen LogP contribution in [0.3, 0.4) is 0 Å². The van der Waals surface area contributed by atoms with Crippen molar-refractivity contribution in [1.82, 2.24) is 0 Å². The van der Waals surface area contributed by atoms with Crippen molar-refractivity contribution in [2.24, 2.45) is 0 Å². The number of rotatable bonds is 4. The van der Waals surface area contributed by atoms with Crippen molar-refractivity contribution in [3.63, 3.8) is 0 Å². The molecule has 0 spiro atoms. The summed E-state index contributed by atoms with van der Waals surface area (Å²) >= 11 is 0. The van der Waals surface area contributed by atoms with Crippen LogP contribution in [-0.4, -0.2) is 0 Å². The van der Waals surface area contributed by atoms with Crippen LogP contribution in [0.15, 0.2) is 179 Å². The second-order valence-corrected chi connectivity index (χ2v) is 11.8. The second kappa shape index (κ2) is 10.6. The summed E-state index contributed by atoms with van der Waals surface area (Å²) in [7, 11) is 0. The van der Waals surface area contributed by atoms with Gasteiger partial charge in [0.25, 0.3) is 0 Å². The van der Waals surface area contributed by atoms with E-state index in [1.807, 2.05) is 91.0 Å². The third-order valence-corrected chi connectivity index (χ3v) is 9.12. The lowest BCUT2D eigenvalue weighted by molar-refractivity contribution is 0.632. The van der Waals surface area contributed by atoms with E-state index in [-0.39, 0.29) is 45.7 Å². The van der Waals surface area contributed by atoms with Gasteiger partial charge in [0, 0.05) is 21.9 Å². The molecule has 2 heterocycles. The van der Waals surface area contributed by atoms with Crippen molar-refractivity contribution < 1.29 is 19.8 Å². The van der Waals surface area contributed by atoms with Crippen LogP contribution in [-0.2, 0) is 0 Å². The van der Waals surface area contributed by atoms with E-state index in [1.54, 1.807) is 24.3 Å². The van der Waals surface area contributed by atoms with Crippen LogP contribution >= 0.6 is 0 Å². The van der Waals surface area contributed by atoms with Crippen molar-refractivity contribution in [1.29, 1.82) is 0 Å². The Kier molecular flexibility index (Phi) is 4.41. The Morgan fingerprint density at radius 2 is 0.896 bits per heavy atom. The zero-order valence-electron chi connectivity index (χ0n) is 33.4. The molecular formula is C46H28O2. The summed E-state index contributed by atoms with van der Waals surface area (Å²) < 4.78 is 84.6. The molecule has 10 rings (SSSR count). The highest BCUT2D eigenvalue weighted by Gasteiger charge is 2.21. The van der Waals surface area contributed by atoms with Crippen LogP contribution in [0, 0.1) is 0 Å². The molecule has 48 heavy (non-hydrogen) atoms. The molecule has 0 radical (unpaired) electrons. The molecular weight excluding hydrogens is 585 g/mol. The minimum Gasteiger partial charge on any atom is -0.455 e. The third-order valence-electron chi connectivity index (χ3n) is 9.12. The molecule has 0 saturated heterocycles. The smallest absolute Gasteiger partial charge is 0.146 e. The largest absolute Gasteiger partial charge is 0.455 e. The average Bonchev–Trinajstić information content (AvgIpc) is 3.85. The van der Waals surface area contributed by atoms with E-state index in [9.17, 15) is 2.74 Å². The van der Waals surface area contributed by atoms with E-state index < -0.39 is 24.2 Å². The molecule has 0 atom stereocenters. The topological polar surface area (TPSA) is 26.3 Å². The van der Waals surface area contributed by atoms with Gasteiger partial charge in [0.15, 0.2) is 0 Å². The van der Waals surface area contributed by atoms with Gasteiger partial charge in [-0.15, -0.1) is 0 Å². The van der Waals surface area contributed by atoms with Gasteiger partial charge in [0.05, 0.1) is 16.4 Å². The van der Waals surface area contributed by atoms with E-state index >= 15 is 0 Å². The van der Waals surface area contributed by atoms with Gasteiger partial charge in [-0.3, -0.25) is 0 Å². The molecule has 8 aromatic carbocycles. The molecule has 0 amide bonds. The monoisotopic (exact) mass is 620 g/mol. The average molecular weight is 621 g/mol. The Balaban J connectivity index is 1.29. The first-order valence-corrected chi connectivity index (χ1v) is 15.7. The van der Waals surface area contributed by atoms with Gasteiger partial charge in [-0.05, 0) is 67.6 Å². The van der Waals surface area contributed by atoms with Gasteiger partial charge < -0.3 is 8.83 Å². The fourth-order valence-electron chi connectivity index (χ4n) is 6.96. The maximum Gasteiger partial charge on any atom is 0.146 e. The molecule has 0 aliphatic rings. The summed E-state index contributed by atoms with van der Waals surface area (Å²) in [6.45, 7) is 0. The van der Waals surface area contributed by atoms with E-state index in [1.165, 1.54) is 0 Å². The maximum atomic E-state index is 9.23. The van der Waals surface area contributed by atoms with Gasteiger partial charge in [-0.25, -0.2) is 0 Å². The fraction of sp³-hybridized carbons (Fsp3) is 0. The molecule has 0 aliphatic carbocycles. The fourth-order valence-corrected chi connectivity index (χ4v) is 6.96. The summed E-state index contributed by atoms with van der Waals surface area (Å²) in [6, 6.07) is 35.3. The van der Waals surface area contributed by atoms with E-state index in [0.29, 0.717) is 39.2 Å². The van der Waals surface area contributed by atoms with Crippen LogP contribution in [0.1, 0.15) is 11.0 Å². The first-order chi connectivity index (χ1) is 27.1. The number of benzene rings is 8. The Labute approximate surface area is 288 Å². The number of hydrogen-bond donors (Lipinski definition) is 0. The van der Waals surface area contributed by atoms with E-state index in [2.05, 4.69) is 6.07 Å². The first-order valence-electron chi connectivity index (χ1n) is 19.7. The van der Waals surface area contributed by atoms with Gasteiger partial charge in [-0.1, -0.05) is 151 Å². The lowest BCUT2D eigenvalue weighted by Crippen LogP contribution is -1.90. The third kappa shape index (κ3) is 4.06. The van der Waals surface area contributed by atoms with E-state index in [0.717, 1.165) is 38.4 Å². The quantitative estimate of drug-likeness (QED) is 0.183. The molecule has 0 bridgehead atoms. The molecule has 2 aromatic heterocycles. The highest BCUT2D eigenvalue weighted by atomic mass is 16.3. The molecule has 0 saturated carbocycles. The minimum atomic E-state index is -0.436. The van der Waals surface area contributed by atoms with Crippen molar-refractivity contribution >= 4 is 54.5 Å².